The Balaban J connectivity index is 1.38. The summed E-state index contributed by atoms with van der Waals surface area (Å²) >= 11 is 1.87. The molecule has 2 fully saturated rings. The van der Waals surface area contributed by atoms with Crippen LogP contribution in [0.2, 0.25) is 0 Å². The monoisotopic (exact) mass is 602 g/mol. The van der Waals surface area contributed by atoms with Gasteiger partial charge in [-0.3, -0.25) is 9.36 Å². The first-order valence-corrected chi connectivity index (χ1v) is 17.0. The van der Waals surface area contributed by atoms with Crippen LogP contribution in [0.1, 0.15) is 72.1 Å². The highest BCUT2D eigenvalue weighted by molar-refractivity contribution is 8.00. The normalized spacial score (nSPS) is 29.2. The topological polar surface area (TPSA) is 190 Å². The van der Waals surface area contributed by atoms with Gasteiger partial charge in [0.2, 0.25) is 5.91 Å². The second kappa shape index (κ2) is 15.4. The molecule has 8 N–H and O–H groups in total. The largest absolute Gasteiger partial charge is 0.371 e. The number of nitrogens with zero attached hydrogens (tertiary/aromatic N) is 1. The highest BCUT2D eigenvalue weighted by Crippen LogP contribution is 2.55. The number of urea groups is 1. The number of amides is 3. The highest BCUT2D eigenvalue weighted by atomic mass is 32.2. The van der Waals surface area contributed by atoms with Gasteiger partial charge >= 0.3 is 13.6 Å². The summed E-state index contributed by atoms with van der Waals surface area (Å²) in [7, 11) is -4.10. The van der Waals surface area contributed by atoms with Gasteiger partial charge in [0.1, 0.15) is 0 Å². The first kappa shape index (κ1) is 32.7. The van der Waals surface area contributed by atoms with Gasteiger partial charge in [-0.1, -0.05) is 27.2 Å². The maximum absolute atomic E-state index is 13.1. The van der Waals surface area contributed by atoms with Crippen molar-refractivity contribution in [2.45, 2.75) is 108 Å². The van der Waals surface area contributed by atoms with Gasteiger partial charge in [-0.05, 0) is 38.2 Å². The summed E-state index contributed by atoms with van der Waals surface area (Å²) in [4.78, 5) is 38.7. The predicted molar refractivity (Wildman–Crippen MR) is 158 cm³/mol. The summed E-state index contributed by atoms with van der Waals surface area (Å²) in [5.74, 6) is 0.730. The number of guanidine groups is 1. The number of carbonyl (C=O) groups excluding carboxylic acids is 2. The highest BCUT2D eigenvalue weighted by Gasteiger charge is 2.42. The summed E-state index contributed by atoms with van der Waals surface area (Å²) in [5.41, 5.74) is 11.2. The number of nitrogens with two attached hydrogens (primary N) is 2. The van der Waals surface area contributed by atoms with Crippen molar-refractivity contribution in [3.63, 3.8) is 0 Å². The fourth-order valence-corrected chi connectivity index (χ4v) is 8.23. The molecule has 0 aromatic carbocycles. The molecule has 0 aromatic heterocycles. The van der Waals surface area contributed by atoms with Crippen molar-refractivity contribution < 1.29 is 28.3 Å². The van der Waals surface area contributed by atoms with E-state index in [1.54, 1.807) is 6.08 Å². The smallest absolute Gasteiger partial charge is 0.354 e. The van der Waals surface area contributed by atoms with Crippen LogP contribution in [0.4, 0.5) is 4.79 Å². The van der Waals surface area contributed by atoms with Crippen molar-refractivity contribution in [3.8, 4) is 0 Å². The average molecular weight is 603 g/mol. The lowest BCUT2D eigenvalue weighted by Crippen LogP contribution is -2.38. The lowest BCUT2D eigenvalue weighted by Gasteiger charge is -2.35. The molecule has 2 heterocycles. The lowest BCUT2D eigenvalue weighted by atomic mass is 9.88. The lowest BCUT2D eigenvalue weighted by molar-refractivity contribution is -0.121. The Kier molecular flexibility index (Phi) is 12.6. The second-order valence-electron chi connectivity index (χ2n) is 10.8. The van der Waals surface area contributed by atoms with Crippen molar-refractivity contribution in [1.82, 2.24) is 16.0 Å². The number of rotatable bonds is 16. The minimum absolute atomic E-state index is 0.0201. The van der Waals surface area contributed by atoms with E-state index >= 15 is 0 Å². The van der Waals surface area contributed by atoms with Gasteiger partial charge in [0.05, 0.1) is 36.9 Å². The average Bonchev–Trinajstić information content (AvgIpc) is 3.45. The van der Waals surface area contributed by atoms with Crippen molar-refractivity contribution in [2.75, 3.05) is 18.9 Å². The minimum Gasteiger partial charge on any atom is -0.371 e. The number of fused-ring (bicyclic) bond motifs is 1. The molecule has 7 atom stereocenters. The van der Waals surface area contributed by atoms with E-state index in [1.807, 2.05) is 32.5 Å². The van der Waals surface area contributed by atoms with E-state index in [4.69, 9.17) is 20.7 Å². The van der Waals surface area contributed by atoms with Crippen LogP contribution < -0.4 is 27.4 Å². The molecule has 0 radical (unpaired) electrons. The maximum atomic E-state index is 13.1. The fraction of sp³-hybridized carbons (Fsp3) is 0.808. The number of ether oxygens (including phenoxy) is 1. The van der Waals surface area contributed by atoms with Gasteiger partial charge in [-0.2, -0.15) is 11.8 Å². The maximum Gasteiger partial charge on any atom is 0.354 e. The number of thioether (sulfide) groups is 1. The molecule has 12 nitrogen and oxygen atoms in total. The number of unbranched alkanes of at least 4 members (excludes halogenated alkanes) is 1. The van der Waals surface area contributed by atoms with Gasteiger partial charge in [-0.25, -0.2) is 9.79 Å². The summed E-state index contributed by atoms with van der Waals surface area (Å²) in [5, 5.41) is 9.41. The zero-order valence-corrected chi connectivity index (χ0v) is 25.6. The number of aliphatic imine (C=N–C) groups is 1. The molecule has 2 aliphatic heterocycles. The Morgan fingerprint density at radius 2 is 2.02 bits per heavy atom. The SMILES string of the molecule is CCC(CC)O[C@@H]1C=C(P(=O)(O)OCCCNC(=O)CCCCC2SC[C@@H]3NC(=O)N[C@H]23)C[C@H](N=C(N)N)[C@H]1C. The molecule has 2 saturated heterocycles. The van der Waals surface area contributed by atoms with Crippen LogP contribution in [0.3, 0.4) is 0 Å². The molecule has 0 saturated carbocycles. The fourth-order valence-electron chi connectivity index (χ4n) is 5.39. The third kappa shape index (κ3) is 9.37. The van der Waals surface area contributed by atoms with E-state index in [0.717, 1.165) is 37.9 Å². The van der Waals surface area contributed by atoms with E-state index in [2.05, 4.69) is 20.9 Å². The van der Waals surface area contributed by atoms with E-state index in [1.165, 1.54) is 0 Å². The minimum atomic E-state index is -4.10. The molecule has 3 aliphatic rings. The summed E-state index contributed by atoms with van der Waals surface area (Å²) < 4.78 is 24.8. The zero-order valence-electron chi connectivity index (χ0n) is 23.8. The molecular formula is C26H47N6O6PS. The second-order valence-corrected chi connectivity index (χ2v) is 14.0. The molecule has 3 rings (SSSR count). The molecule has 0 spiro atoms. The molecule has 40 heavy (non-hydrogen) atoms. The first-order chi connectivity index (χ1) is 19.0. The molecular weight excluding hydrogens is 555 g/mol. The van der Waals surface area contributed by atoms with Crippen molar-refractivity contribution in [3.05, 3.63) is 11.4 Å². The van der Waals surface area contributed by atoms with Gasteiger partial charge in [-0.15, -0.1) is 0 Å². The summed E-state index contributed by atoms with van der Waals surface area (Å²) in [6.45, 7) is 6.42. The predicted octanol–water partition coefficient (Wildman–Crippen LogP) is 2.56. The molecule has 0 bridgehead atoms. The Hall–Kier alpha value is -1.79. The van der Waals surface area contributed by atoms with Crippen LogP contribution in [-0.2, 0) is 18.6 Å². The number of hydrogen-bond donors (Lipinski definition) is 6. The number of nitrogens with one attached hydrogen (secondary N) is 3. The molecule has 3 amide bonds. The Bertz CT molecular complexity index is 975. The Morgan fingerprint density at radius 3 is 2.73 bits per heavy atom. The van der Waals surface area contributed by atoms with Gasteiger partial charge < -0.3 is 41.6 Å². The molecule has 228 valence electrons. The van der Waals surface area contributed by atoms with E-state index in [0.29, 0.717) is 24.6 Å². The summed E-state index contributed by atoms with van der Waals surface area (Å²) in [6.07, 6.45) is 6.64. The van der Waals surface area contributed by atoms with Crippen LogP contribution in [0.15, 0.2) is 16.4 Å². The van der Waals surface area contributed by atoms with E-state index in [-0.39, 0.29) is 60.3 Å². The molecule has 0 aromatic rings. The zero-order chi connectivity index (χ0) is 29.3. The van der Waals surface area contributed by atoms with E-state index in [9.17, 15) is 19.0 Å². The standard InChI is InChI=1S/C26H47N6O6PS/c1-4-17(5-2)38-21-14-18(13-19(16(21)3)30-25(27)28)39(35,36)37-12-8-11-29-23(33)10-7-6-9-22-24-20(15-40-22)31-26(34)32-24/h14,16-17,19-22,24H,4-13,15H2,1-3H3,(H,29,33)(H,35,36)(H4,27,28,30)(H2,31,32,34)/t16-,19+,20+,21-,22?,24+/m1/s1. The first-order valence-electron chi connectivity index (χ1n) is 14.4. The Morgan fingerprint density at radius 1 is 1.27 bits per heavy atom. The van der Waals surface area contributed by atoms with Gasteiger partial charge in [0, 0.05) is 41.6 Å². The van der Waals surface area contributed by atoms with Gasteiger partial charge in [0.25, 0.3) is 0 Å². The third-order valence-corrected chi connectivity index (χ3v) is 10.9. The van der Waals surface area contributed by atoms with Crippen LogP contribution >= 0.6 is 19.4 Å². The van der Waals surface area contributed by atoms with Crippen LogP contribution in [0, 0.1) is 5.92 Å². The van der Waals surface area contributed by atoms with Crippen molar-refractivity contribution in [1.29, 1.82) is 0 Å². The summed E-state index contributed by atoms with van der Waals surface area (Å²) in [6, 6.07) is -0.0853. The van der Waals surface area contributed by atoms with Crippen molar-refractivity contribution >= 4 is 37.3 Å². The third-order valence-electron chi connectivity index (χ3n) is 7.83. The quantitative estimate of drug-likeness (QED) is 0.0507. The molecule has 1 aliphatic carbocycles. The Labute approximate surface area is 241 Å². The molecule has 2 unspecified atom stereocenters. The van der Waals surface area contributed by atoms with Crippen molar-refractivity contribution in [2.24, 2.45) is 22.4 Å². The van der Waals surface area contributed by atoms with E-state index < -0.39 is 19.7 Å². The molecule has 14 heteroatoms. The van der Waals surface area contributed by atoms with Gasteiger partial charge in [0.15, 0.2) is 5.96 Å². The van der Waals surface area contributed by atoms with Crippen LogP contribution in [0.5, 0.6) is 0 Å². The van der Waals surface area contributed by atoms with Crippen LogP contribution in [-0.4, -0.2) is 77.3 Å². The van der Waals surface area contributed by atoms with Crippen LogP contribution in [0.25, 0.3) is 0 Å². The number of hydrogen-bond acceptors (Lipinski definition) is 7. The number of carbonyl (C=O) groups is 2.